The number of hydrogen-bond acceptors (Lipinski definition) is 4. The van der Waals surface area contributed by atoms with Crippen molar-refractivity contribution in [2.75, 3.05) is 0 Å². The summed E-state index contributed by atoms with van der Waals surface area (Å²) in [6.07, 6.45) is 1.40. The molecule has 1 N–H and O–H groups in total. The van der Waals surface area contributed by atoms with E-state index < -0.39 is 11.5 Å². The molecule has 1 aromatic carbocycles. The number of ether oxygens (including phenoxy) is 1. The average Bonchev–Trinajstić information content (AvgIpc) is 2.86. The fraction of sp³-hybridized carbons (Fsp3) is 0.308. The maximum Gasteiger partial charge on any atom is 0.329 e. The Morgan fingerprint density at radius 2 is 2.05 bits per heavy atom. The van der Waals surface area contributed by atoms with Gasteiger partial charge in [0.05, 0.1) is 0 Å². The highest BCUT2D eigenvalue weighted by atomic mass is 16.5. The van der Waals surface area contributed by atoms with Crippen LogP contribution >= 0.6 is 0 Å². The maximum atomic E-state index is 11.2. The number of nitrogens with zero attached hydrogens (tertiary/aromatic N) is 3. The van der Waals surface area contributed by atoms with Crippen molar-refractivity contribution in [1.82, 2.24) is 14.8 Å². The predicted octanol–water partition coefficient (Wildman–Crippen LogP) is 1.68. The third-order valence-corrected chi connectivity index (χ3v) is 2.86. The molecule has 2 aromatic rings. The van der Waals surface area contributed by atoms with Crippen LogP contribution in [-0.2, 0) is 16.9 Å². The standard InChI is InChI=1S/C13H15N3O3/c1-13(2,12(17)18)16-9-14-15-11(16)8-19-10-6-4-3-5-7-10/h3-7,9H,8H2,1-2H3,(H,17,18). The second-order valence-electron chi connectivity index (χ2n) is 4.58. The van der Waals surface area contributed by atoms with Gasteiger partial charge in [0.1, 0.15) is 24.2 Å². The second-order valence-corrected chi connectivity index (χ2v) is 4.58. The molecule has 0 aliphatic rings. The molecule has 1 heterocycles. The minimum atomic E-state index is -1.11. The van der Waals surface area contributed by atoms with Gasteiger partial charge in [-0.2, -0.15) is 0 Å². The summed E-state index contributed by atoms with van der Waals surface area (Å²) in [4.78, 5) is 11.2. The first-order valence-electron chi connectivity index (χ1n) is 5.82. The average molecular weight is 261 g/mol. The molecule has 0 radical (unpaired) electrons. The number of benzene rings is 1. The van der Waals surface area contributed by atoms with E-state index in [-0.39, 0.29) is 6.61 Å². The molecular weight excluding hydrogens is 246 g/mol. The molecular formula is C13H15N3O3. The van der Waals surface area contributed by atoms with Crippen LogP contribution in [0, 0.1) is 0 Å². The Morgan fingerprint density at radius 3 is 2.68 bits per heavy atom. The zero-order valence-electron chi connectivity index (χ0n) is 10.8. The van der Waals surface area contributed by atoms with Crippen molar-refractivity contribution in [2.24, 2.45) is 0 Å². The number of aliphatic carboxylic acids is 1. The normalized spacial score (nSPS) is 11.3. The van der Waals surface area contributed by atoms with Gasteiger partial charge in [0.25, 0.3) is 0 Å². The van der Waals surface area contributed by atoms with Crippen molar-refractivity contribution in [3.8, 4) is 5.75 Å². The Kier molecular flexibility index (Phi) is 3.50. The fourth-order valence-corrected chi connectivity index (χ4v) is 1.59. The molecule has 6 nitrogen and oxygen atoms in total. The van der Waals surface area contributed by atoms with E-state index >= 15 is 0 Å². The van der Waals surface area contributed by atoms with Crippen LogP contribution in [0.5, 0.6) is 5.75 Å². The zero-order chi connectivity index (χ0) is 13.9. The van der Waals surface area contributed by atoms with Gasteiger partial charge in [-0.1, -0.05) is 18.2 Å². The van der Waals surface area contributed by atoms with Crippen LogP contribution in [0.1, 0.15) is 19.7 Å². The Hall–Kier alpha value is -2.37. The minimum Gasteiger partial charge on any atom is -0.486 e. The van der Waals surface area contributed by atoms with Gasteiger partial charge < -0.3 is 9.84 Å². The number of carboxylic acid groups (broad SMARTS) is 1. The maximum absolute atomic E-state index is 11.2. The van der Waals surface area contributed by atoms with E-state index in [9.17, 15) is 9.90 Å². The molecule has 0 bridgehead atoms. The summed E-state index contributed by atoms with van der Waals surface area (Å²) in [6.45, 7) is 3.34. The van der Waals surface area contributed by atoms with Gasteiger partial charge in [0.2, 0.25) is 0 Å². The van der Waals surface area contributed by atoms with Crippen LogP contribution in [-0.4, -0.2) is 25.8 Å². The van der Waals surface area contributed by atoms with E-state index in [2.05, 4.69) is 10.2 Å². The molecule has 0 atom stereocenters. The van der Waals surface area contributed by atoms with Gasteiger partial charge in [-0.15, -0.1) is 10.2 Å². The summed E-state index contributed by atoms with van der Waals surface area (Å²) in [5, 5.41) is 16.9. The van der Waals surface area contributed by atoms with Crippen LogP contribution in [0.2, 0.25) is 0 Å². The van der Waals surface area contributed by atoms with Crippen LogP contribution in [0.25, 0.3) is 0 Å². The van der Waals surface area contributed by atoms with Crippen molar-refractivity contribution in [3.63, 3.8) is 0 Å². The Balaban J connectivity index is 2.15. The van der Waals surface area contributed by atoms with Gasteiger partial charge >= 0.3 is 5.97 Å². The molecule has 19 heavy (non-hydrogen) atoms. The first-order chi connectivity index (χ1) is 9.01. The highest BCUT2D eigenvalue weighted by Gasteiger charge is 2.31. The van der Waals surface area contributed by atoms with Crippen LogP contribution in [0.3, 0.4) is 0 Å². The largest absolute Gasteiger partial charge is 0.486 e. The van der Waals surface area contributed by atoms with E-state index in [1.165, 1.54) is 10.9 Å². The molecule has 0 aliphatic carbocycles. The lowest BCUT2D eigenvalue weighted by atomic mass is 10.1. The summed E-state index contributed by atoms with van der Waals surface area (Å²) in [5.74, 6) is 0.217. The molecule has 0 amide bonds. The molecule has 6 heteroatoms. The summed E-state index contributed by atoms with van der Waals surface area (Å²) < 4.78 is 7.05. The zero-order valence-corrected chi connectivity index (χ0v) is 10.8. The SMILES string of the molecule is CC(C)(C(=O)O)n1cnnc1COc1ccccc1. The lowest BCUT2D eigenvalue weighted by molar-refractivity contribution is -0.145. The second kappa shape index (κ2) is 5.09. The molecule has 0 unspecified atom stereocenters. The van der Waals surface area contributed by atoms with Crippen LogP contribution in [0.4, 0.5) is 0 Å². The van der Waals surface area contributed by atoms with E-state index in [1.54, 1.807) is 13.8 Å². The van der Waals surface area contributed by atoms with Crippen molar-refractivity contribution < 1.29 is 14.6 Å². The number of rotatable bonds is 5. The highest BCUT2D eigenvalue weighted by Crippen LogP contribution is 2.18. The third-order valence-electron chi connectivity index (χ3n) is 2.86. The van der Waals surface area contributed by atoms with Crippen molar-refractivity contribution >= 4 is 5.97 Å². The van der Waals surface area contributed by atoms with Crippen molar-refractivity contribution in [1.29, 1.82) is 0 Å². The lowest BCUT2D eigenvalue weighted by Gasteiger charge is -2.22. The quantitative estimate of drug-likeness (QED) is 0.886. The third kappa shape index (κ3) is 2.73. The molecule has 0 aliphatic heterocycles. The van der Waals surface area contributed by atoms with Crippen molar-refractivity contribution in [2.45, 2.75) is 26.0 Å². The number of aromatic nitrogens is 3. The van der Waals surface area contributed by atoms with Gasteiger partial charge in [0, 0.05) is 0 Å². The summed E-state index contributed by atoms with van der Waals surface area (Å²) in [7, 11) is 0. The molecule has 100 valence electrons. The van der Waals surface area contributed by atoms with E-state index in [0.717, 1.165) is 0 Å². The van der Waals surface area contributed by atoms with Crippen LogP contribution < -0.4 is 4.74 Å². The van der Waals surface area contributed by atoms with E-state index in [4.69, 9.17) is 4.74 Å². The van der Waals surface area contributed by atoms with Gasteiger partial charge in [-0.3, -0.25) is 4.57 Å². The summed E-state index contributed by atoms with van der Waals surface area (Å²) >= 11 is 0. The molecule has 2 rings (SSSR count). The predicted molar refractivity (Wildman–Crippen MR) is 67.8 cm³/mol. The number of hydrogen-bond donors (Lipinski definition) is 1. The molecule has 0 spiro atoms. The lowest BCUT2D eigenvalue weighted by Crippen LogP contribution is -2.36. The van der Waals surface area contributed by atoms with Crippen LogP contribution in [0.15, 0.2) is 36.7 Å². The number of para-hydroxylation sites is 1. The molecule has 1 aromatic heterocycles. The number of carboxylic acids is 1. The molecule has 0 saturated heterocycles. The monoisotopic (exact) mass is 261 g/mol. The Labute approximate surface area is 110 Å². The van der Waals surface area contributed by atoms with Crippen molar-refractivity contribution in [3.05, 3.63) is 42.5 Å². The topological polar surface area (TPSA) is 77.2 Å². The van der Waals surface area contributed by atoms with Gasteiger partial charge in [-0.25, -0.2) is 4.79 Å². The molecule has 0 saturated carbocycles. The van der Waals surface area contributed by atoms with E-state index in [1.807, 2.05) is 30.3 Å². The highest BCUT2D eigenvalue weighted by molar-refractivity contribution is 5.75. The number of carbonyl (C=O) groups is 1. The summed E-state index contributed by atoms with van der Waals surface area (Å²) in [6, 6.07) is 9.26. The van der Waals surface area contributed by atoms with E-state index in [0.29, 0.717) is 11.6 Å². The first-order valence-corrected chi connectivity index (χ1v) is 5.82. The smallest absolute Gasteiger partial charge is 0.329 e. The van der Waals surface area contributed by atoms with Gasteiger partial charge in [0.15, 0.2) is 5.82 Å². The van der Waals surface area contributed by atoms with Gasteiger partial charge in [-0.05, 0) is 26.0 Å². The first kappa shape index (κ1) is 13.1. The fourth-order valence-electron chi connectivity index (χ4n) is 1.59. The molecule has 0 fully saturated rings. The summed E-state index contributed by atoms with van der Waals surface area (Å²) in [5.41, 5.74) is -1.11. The minimum absolute atomic E-state index is 0.167. The Bertz CT molecular complexity index is 564. The Morgan fingerprint density at radius 1 is 1.37 bits per heavy atom.